The van der Waals surface area contributed by atoms with Crippen LogP contribution in [0.1, 0.15) is 90.4 Å². The summed E-state index contributed by atoms with van der Waals surface area (Å²) in [6, 6.07) is 0. The number of carbonyl (C=O) groups excluding carboxylic acids is 1. The second kappa shape index (κ2) is 16.5. The fourth-order valence-corrected chi connectivity index (χ4v) is 2.45. The number of rotatable bonds is 15. The smallest absolute Gasteiger partial charge is 0.233 e. The first kappa shape index (κ1) is 21.1. The highest BCUT2D eigenvalue weighted by Gasteiger charge is 2.03. The molecule has 0 aromatic heterocycles. The van der Waals surface area contributed by atoms with E-state index in [1.54, 1.807) is 0 Å². The summed E-state index contributed by atoms with van der Waals surface area (Å²) in [5.74, 6) is 4.93. The van der Waals surface area contributed by atoms with E-state index in [4.69, 9.17) is 5.84 Å². The number of unbranched alkanes of at least 4 members (excludes halogenated alkanes) is 7. The lowest BCUT2D eigenvalue weighted by molar-refractivity contribution is -0.121. The second-order valence-electron chi connectivity index (χ2n) is 6.07. The summed E-state index contributed by atoms with van der Waals surface area (Å²) in [7, 11) is 0. The number of hydrazine groups is 1. The number of aliphatic hydroxyl groups excluding tert-OH is 1. The Morgan fingerprint density at radius 2 is 1.68 bits per heavy atom. The van der Waals surface area contributed by atoms with Gasteiger partial charge in [0.2, 0.25) is 5.91 Å². The molecule has 1 atom stereocenters. The van der Waals surface area contributed by atoms with Gasteiger partial charge in [-0.3, -0.25) is 10.2 Å². The van der Waals surface area contributed by atoms with E-state index in [1.807, 2.05) is 0 Å². The van der Waals surface area contributed by atoms with Crippen LogP contribution in [0.5, 0.6) is 0 Å². The molecule has 0 saturated carbocycles. The summed E-state index contributed by atoms with van der Waals surface area (Å²) in [6.07, 6.45) is 17.9. The van der Waals surface area contributed by atoms with Crippen molar-refractivity contribution in [3.8, 4) is 0 Å². The third-order valence-electron chi connectivity index (χ3n) is 3.91. The molecule has 0 saturated heterocycles. The number of nitrogens with one attached hydrogen (secondary N) is 1. The van der Waals surface area contributed by atoms with Crippen molar-refractivity contribution in [1.29, 1.82) is 0 Å². The van der Waals surface area contributed by atoms with Gasteiger partial charge < -0.3 is 5.11 Å². The fourth-order valence-electron chi connectivity index (χ4n) is 2.45. The van der Waals surface area contributed by atoms with Crippen LogP contribution in [0.25, 0.3) is 0 Å². The minimum atomic E-state index is -0.164. The topological polar surface area (TPSA) is 75.3 Å². The molecule has 0 fully saturated rings. The average Bonchev–Trinajstić information content (AvgIpc) is 2.52. The number of amides is 1. The second-order valence-corrected chi connectivity index (χ2v) is 6.07. The van der Waals surface area contributed by atoms with Gasteiger partial charge in [-0.15, -0.1) is 0 Å². The van der Waals surface area contributed by atoms with Gasteiger partial charge in [-0.25, -0.2) is 5.84 Å². The van der Waals surface area contributed by atoms with Crippen molar-refractivity contribution in [3.63, 3.8) is 0 Å². The van der Waals surface area contributed by atoms with Crippen molar-refractivity contribution in [2.75, 3.05) is 0 Å². The lowest BCUT2D eigenvalue weighted by Gasteiger charge is -2.08. The first-order chi connectivity index (χ1) is 10.7. The molecule has 4 heteroatoms. The summed E-state index contributed by atoms with van der Waals surface area (Å²) >= 11 is 0. The predicted molar refractivity (Wildman–Crippen MR) is 93.2 cm³/mol. The van der Waals surface area contributed by atoms with E-state index in [0.717, 1.165) is 51.4 Å². The molecule has 0 bridgehead atoms. The van der Waals surface area contributed by atoms with E-state index in [9.17, 15) is 9.90 Å². The van der Waals surface area contributed by atoms with Gasteiger partial charge in [0.1, 0.15) is 0 Å². The summed E-state index contributed by atoms with van der Waals surface area (Å²) in [4.78, 5) is 10.9. The van der Waals surface area contributed by atoms with Gasteiger partial charge in [0.15, 0.2) is 0 Å². The Labute approximate surface area is 136 Å². The van der Waals surface area contributed by atoms with E-state index < -0.39 is 0 Å². The van der Waals surface area contributed by atoms with Gasteiger partial charge in [0, 0.05) is 6.42 Å². The summed E-state index contributed by atoms with van der Waals surface area (Å²) in [6.45, 7) is 2.22. The Bertz CT molecular complexity index is 280. The zero-order chi connectivity index (χ0) is 16.5. The van der Waals surface area contributed by atoms with Crippen LogP contribution in [0.2, 0.25) is 0 Å². The molecule has 0 aromatic rings. The molecule has 0 aromatic carbocycles. The minimum absolute atomic E-state index is 0.0850. The van der Waals surface area contributed by atoms with Crippen LogP contribution in [-0.4, -0.2) is 17.1 Å². The Morgan fingerprint density at radius 3 is 2.41 bits per heavy atom. The maximum atomic E-state index is 10.9. The molecular weight excluding hydrogens is 276 g/mol. The SMILES string of the molecule is CCCCC/C=C\CC[C@H](O)CCCCCCCC(=O)NN. The highest BCUT2D eigenvalue weighted by atomic mass is 16.3. The van der Waals surface area contributed by atoms with E-state index in [2.05, 4.69) is 24.5 Å². The molecule has 0 unspecified atom stereocenters. The minimum Gasteiger partial charge on any atom is -0.393 e. The Kier molecular flexibility index (Phi) is 15.8. The van der Waals surface area contributed by atoms with Gasteiger partial charge in [-0.2, -0.15) is 0 Å². The maximum Gasteiger partial charge on any atom is 0.233 e. The van der Waals surface area contributed by atoms with Gasteiger partial charge in [0.05, 0.1) is 6.10 Å². The average molecular weight is 312 g/mol. The fraction of sp³-hybridized carbons (Fsp3) is 0.833. The predicted octanol–water partition coefficient (Wildman–Crippen LogP) is 3.98. The highest BCUT2D eigenvalue weighted by molar-refractivity contribution is 5.74. The Balaban J connectivity index is 3.28. The third kappa shape index (κ3) is 15.5. The Morgan fingerprint density at radius 1 is 1.00 bits per heavy atom. The molecular formula is C18H36N2O2. The number of hydrogen-bond donors (Lipinski definition) is 3. The molecule has 4 N–H and O–H groups in total. The van der Waals surface area contributed by atoms with E-state index in [0.29, 0.717) is 6.42 Å². The van der Waals surface area contributed by atoms with E-state index in [-0.39, 0.29) is 12.0 Å². The number of aliphatic hydroxyl groups is 1. The molecule has 1 amide bonds. The van der Waals surface area contributed by atoms with Crippen molar-refractivity contribution < 1.29 is 9.90 Å². The zero-order valence-electron chi connectivity index (χ0n) is 14.4. The molecule has 0 aliphatic rings. The van der Waals surface area contributed by atoms with Crippen LogP contribution in [0, 0.1) is 0 Å². The molecule has 0 radical (unpaired) electrons. The van der Waals surface area contributed by atoms with E-state index >= 15 is 0 Å². The van der Waals surface area contributed by atoms with Crippen molar-refractivity contribution in [1.82, 2.24) is 5.43 Å². The van der Waals surface area contributed by atoms with Gasteiger partial charge >= 0.3 is 0 Å². The lowest BCUT2D eigenvalue weighted by Crippen LogP contribution is -2.29. The number of hydrogen-bond acceptors (Lipinski definition) is 3. The maximum absolute atomic E-state index is 10.9. The number of carbonyl (C=O) groups is 1. The first-order valence-electron chi connectivity index (χ1n) is 9.03. The van der Waals surface area contributed by atoms with Crippen LogP contribution in [-0.2, 0) is 4.79 Å². The molecule has 0 spiro atoms. The lowest BCUT2D eigenvalue weighted by atomic mass is 10.0. The monoisotopic (exact) mass is 312 g/mol. The molecule has 0 aliphatic carbocycles. The van der Waals surface area contributed by atoms with Crippen LogP contribution in [0.4, 0.5) is 0 Å². The highest BCUT2D eigenvalue weighted by Crippen LogP contribution is 2.12. The van der Waals surface area contributed by atoms with E-state index in [1.165, 1.54) is 25.7 Å². The van der Waals surface area contributed by atoms with Crippen molar-refractivity contribution in [2.45, 2.75) is 96.5 Å². The summed E-state index contributed by atoms with van der Waals surface area (Å²) in [5, 5.41) is 9.90. The van der Waals surface area contributed by atoms with Crippen LogP contribution < -0.4 is 11.3 Å². The molecule has 0 rings (SSSR count). The third-order valence-corrected chi connectivity index (χ3v) is 3.91. The van der Waals surface area contributed by atoms with Crippen LogP contribution in [0.15, 0.2) is 12.2 Å². The zero-order valence-corrected chi connectivity index (χ0v) is 14.4. The largest absolute Gasteiger partial charge is 0.393 e. The van der Waals surface area contributed by atoms with Gasteiger partial charge in [-0.1, -0.05) is 57.6 Å². The molecule has 0 heterocycles. The molecule has 4 nitrogen and oxygen atoms in total. The van der Waals surface area contributed by atoms with Gasteiger partial charge in [0.25, 0.3) is 0 Å². The number of allylic oxidation sites excluding steroid dienone is 2. The van der Waals surface area contributed by atoms with Crippen molar-refractivity contribution in [2.24, 2.45) is 5.84 Å². The normalized spacial score (nSPS) is 12.7. The van der Waals surface area contributed by atoms with Crippen molar-refractivity contribution in [3.05, 3.63) is 12.2 Å². The first-order valence-corrected chi connectivity index (χ1v) is 9.03. The summed E-state index contributed by atoms with van der Waals surface area (Å²) < 4.78 is 0. The number of nitrogens with two attached hydrogens (primary N) is 1. The van der Waals surface area contributed by atoms with Crippen molar-refractivity contribution >= 4 is 5.91 Å². The Hall–Kier alpha value is -0.870. The van der Waals surface area contributed by atoms with Crippen LogP contribution >= 0.6 is 0 Å². The molecule has 130 valence electrons. The van der Waals surface area contributed by atoms with Gasteiger partial charge in [-0.05, 0) is 38.5 Å². The standard InChI is InChI=1S/C18H36N2O2/c1-2-3-4-5-6-8-11-14-17(21)15-12-9-7-10-13-16-18(22)20-19/h6,8,17,21H,2-5,7,9-16,19H2,1H3,(H,20,22)/b8-6-/t17-/m0/s1. The molecule has 22 heavy (non-hydrogen) atoms. The summed E-state index contributed by atoms with van der Waals surface area (Å²) in [5.41, 5.74) is 2.14. The van der Waals surface area contributed by atoms with Crippen LogP contribution in [0.3, 0.4) is 0 Å². The molecule has 0 aliphatic heterocycles. The quantitative estimate of drug-likeness (QED) is 0.141.